The lowest BCUT2D eigenvalue weighted by Gasteiger charge is -2.37. The molecule has 0 spiro atoms. The minimum absolute atomic E-state index is 0.0182. The van der Waals surface area contributed by atoms with E-state index in [0.29, 0.717) is 6.04 Å². The molecule has 0 amide bonds. The quantitative estimate of drug-likeness (QED) is 0.105. The van der Waals surface area contributed by atoms with Gasteiger partial charge in [0, 0.05) is 5.41 Å². The van der Waals surface area contributed by atoms with Crippen LogP contribution in [0, 0.1) is 0 Å². The van der Waals surface area contributed by atoms with Gasteiger partial charge < -0.3 is 0 Å². The maximum absolute atomic E-state index is 2.51. The lowest BCUT2D eigenvalue weighted by Crippen LogP contribution is -2.37. The molecule has 2 unspecified atom stereocenters. The molecular weight excluding hydrogens is 460 g/mol. The number of rotatable bonds is 20. The van der Waals surface area contributed by atoms with Gasteiger partial charge in [-0.05, 0) is 37.3 Å². The van der Waals surface area contributed by atoms with Crippen molar-refractivity contribution < 1.29 is 4.57 Å². The van der Waals surface area contributed by atoms with Crippen molar-refractivity contribution in [3.05, 3.63) is 90.5 Å². The molecule has 1 heterocycles. The Kier molecular flexibility index (Phi) is 13.7. The minimum atomic E-state index is 0.0182. The summed E-state index contributed by atoms with van der Waals surface area (Å²) >= 11 is 0. The summed E-state index contributed by atoms with van der Waals surface area (Å²) < 4.78 is 4.82. The van der Waals surface area contributed by atoms with Crippen LogP contribution in [0.4, 0.5) is 0 Å². The van der Waals surface area contributed by atoms with Gasteiger partial charge in [0.2, 0.25) is 6.33 Å². The van der Waals surface area contributed by atoms with Crippen molar-refractivity contribution in [2.75, 3.05) is 0 Å². The molecule has 3 rings (SSSR count). The zero-order valence-corrected chi connectivity index (χ0v) is 24.8. The highest BCUT2D eigenvalue weighted by Crippen LogP contribution is 2.41. The van der Waals surface area contributed by atoms with E-state index in [1.54, 1.807) is 0 Å². The topological polar surface area (TPSA) is 8.81 Å². The molecule has 1 aromatic heterocycles. The monoisotopic (exact) mass is 515 g/mol. The van der Waals surface area contributed by atoms with Gasteiger partial charge in [-0.2, -0.15) is 0 Å². The van der Waals surface area contributed by atoms with Crippen molar-refractivity contribution >= 4 is 0 Å². The molecule has 0 saturated heterocycles. The molecule has 0 fully saturated rings. The van der Waals surface area contributed by atoms with E-state index in [1.165, 1.54) is 101 Å². The van der Waals surface area contributed by atoms with Crippen LogP contribution in [0.2, 0.25) is 0 Å². The number of unbranched alkanes of at least 4 members (excludes halogenated alkanes) is 12. The standard InChI is InChI=1S/C36H55N2/c1-4-6-7-8-9-10-11-12-13-14-15-16-23-28-35(38-30-29-37(5-2)32-38)36(3,34-26-21-18-22-27-34)31-33-24-19-17-20-25-33/h17-22,24-27,29-30,32,35H,4-16,23,28,31H2,1-3H3/q+1. The Labute approximate surface area is 234 Å². The van der Waals surface area contributed by atoms with Crippen molar-refractivity contribution in [1.29, 1.82) is 0 Å². The van der Waals surface area contributed by atoms with E-state index in [-0.39, 0.29) is 5.41 Å². The third-order valence-corrected chi connectivity index (χ3v) is 8.60. The van der Waals surface area contributed by atoms with Crippen LogP contribution in [0.5, 0.6) is 0 Å². The molecule has 0 saturated carbocycles. The van der Waals surface area contributed by atoms with Crippen molar-refractivity contribution in [2.45, 2.75) is 135 Å². The van der Waals surface area contributed by atoms with E-state index in [0.717, 1.165) is 13.0 Å². The molecule has 0 aliphatic heterocycles. The van der Waals surface area contributed by atoms with Crippen molar-refractivity contribution in [2.24, 2.45) is 0 Å². The summed E-state index contributed by atoms with van der Waals surface area (Å²) in [5, 5.41) is 0. The number of hydrogen-bond acceptors (Lipinski definition) is 0. The minimum Gasteiger partial charge on any atom is -0.237 e. The average molecular weight is 516 g/mol. The smallest absolute Gasteiger partial charge is 0.237 e. The van der Waals surface area contributed by atoms with Gasteiger partial charge in [-0.25, -0.2) is 9.13 Å². The van der Waals surface area contributed by atoms with E-state index in [9.17, 15) is 0 Å². The summed E-state index contributed by atoms with van der Waals surface area (Å²) in [6.07, 6.45) is 27.4. The second kappa shape index (κ2) is 17.3. The van der Waals surface area contributed by atoms with Gasteiger partial charge in [0.1, 0.15) is 18.4 Å². The largest absolute Gasteiger partial charge is 0.243 e. The number of aromatic nitrogens is 2. The fourth-order valence-electron chi connectivity index (χ4n) is 6.19. The number of benzene rings is 2. The molecule has 2 atom stereocenters. The summed E-state index contributed by atoms with van der Waals surface area (Å²) in [7, 11) is 0. The summed E-state index contributed by atoms with van der Waals surface area (Å²) in [6, 6.07) is 22.8. The van der Waals surface area contributed by atoms with E-state index in [1.807, 2.05) is 0 Å². The predicted octanol–water partition coefficient (Wildman–Crippen LogP) is 10.0. The van der Waals surface area contributed by atoms with Crippen LogP contribution in [-0.4, -0.2) is 4.57 Å². The number of hydrogen-bond donors (Lipinski definition) is 0. The highest BCUT2D eigenvalue weighted by atomic mass is 15.1. The van der Waals surface area contributed by atoms with Crippen molar-refractivity contribution in [3.8, 4) is 0 Å². The SMILES string of the molecule is CCCCCCCCCCCCCCCC(n1cc[n+](CC)c1)C(C)(Cc1ccccc1)c1ccccc1. The third-order valence-electron chi connectivity index (χ3n) is 8.60. The van der Waals surface area contributed by atoms with Crippen molar-refractivity contribution in [1.82, 2.24) is 4.57 Å². The molecule has 0 aliphatic rings. The van der Waals surface area contributed by atoms with Crippen LogP contribution in [0.3, 0.4) is 0 Å². The lowest BCUT2D eigenvalue weighted by molar-refractivity contribution is -0.693. The molecule has 2 heteroatoms. The van der Waals surface area contributed by atoms with Crippen LogP contribution in [0.1, 0.15) is 128 Å². The molecule has 208 valence electrons. The molecule has 0 bridgehead atoms. The zero-order chi connectivity index (χ0) is 26.9. The lowest BCUT2D eigenvalue weighted by atomic mass is 9.70. The fourth-order valence-corrected chi connectivity index (χ4v) is 6.19. The van der Waals surface area contributed by atoms with Gasteiger partial charge in [-0.15, -0.1) is 0 Å². The second-order valence-electron chi connectivity index (χ2n) is 11.7. The molecule has 38 heavy (non-hydrogen) atoms. The third kappa shape index (κ3) is 9.75. The van der Waals surface area contributed by atoms with Crippen LogP contribution < -0.4 is 4.57 Å². The Morgan fingerprint density at radius 1 is 0.684 bits per heavy atom. The Balaban J connectivity index is 1.57. The Bertz CT molecular complexity index is 977. The van der Waals surface area contributed by atoms with Crippen LogP contribution in [-0.2, 0) is 18.4 Å². The molecule has 2 aromatic carbocycles. The summed E-state index contributed by atoms with van der Waals surface area (Å²) in [5.74, 6) is 0. The highest BCUT2D eigenvalue weighted by molar-refractivity contribution is 5.30. The van der Waals surface area contributed by atoms with Gasteiger partial charge in [-0.3, -0.25) is 0 Å². The first kappa shape index (κ1) is 30.2. The summed E-state index contributed by atoms with van der Waals surface area (Å²) in [6.45, 7) is 8.04. The van der Waals surface area contributed by atoms with Gasteiger partial charge in [-0.1, -0.05) is 152 Å². The normalized spacial score (nSPS) is 13.9. The summed E-state index contributed by atoms with van der Waals surface area (Å²) in [5.41, 5.74) is 2.88. The van der Waals surface area contributed by atoms with Crippen LogP contribution in [0.15, 0.2) is 79.4 Å². The van der Waals surface area contributed by atoms with Gasteiger partial charge in [0.05, 0.1) is 6.54 Å². The fraction of sp³-hybridized carbons (Fsp3) is 0.583. The van der Waals surface area contributed by atoms with E-state index >= 15 is 0 Å². The van der Waals surface area contributed by atoms with E-state index < -0.39 is 0 Å². The average Bonchev–Trinajstić information content (AvgIpc) is 3.43. The number of imidazole rings is 1. The van der Waals surface area contributed by atoms with Crippen LogP contribution >= 0.6 is 0 Å². The van der Waals surface area contributed by atoms with Crippen LogP contribution in [0.25, 0.3) is 0 Å². The Hall–Kier alpha value is -2.35. The number of nitrogens with zero attached hydrogens (tertiary/aromatic N) is 2. The van der Waals surface area contributed by atoms with Crippen molar-refractivity contribution in [3.63, 3.8) is 0 Å². The first-order chi connectivity index (χ1) is 18.7. The zero-order valence-electron chi connectivity index (χ0n) is 24.8. The Morgan fingerprint density at radius 2 is 1.21 bits per heavy atom. The summed E-state index contributed by atoms with van der Waals surface area (Å²) in [4.78, 5) is 0. The number of aryl methyl sites for hydroxylation is 1. The van der Waals surface area contributed by atoms with Gasteiger partial charge in [0.25, 0.3) is 0 Å². The highest BCUT2D eigenvalue weighted by Gasteiger charge is 2.40. The Morgan fingerprint density at radius 3 is 1.74 bits per heavy atom. The molecular formula is C36H55N2+. The molecule has 3 aromatic rings. The first-order valence-electron chi connectivity index (χ1n) is 15.8. The first-order valence-corrected chi connectivity index (χ1v) is 15.8. The van der Waals surface area contributed by atoms with Gasteiger partial charge >= 0.3 is 0 Å². The predicted molar refractivity (Wildman–Crippen MR) is 164 cm³/mol. The molecule has 2 nitrogen and oxygen atoms in total. The molecule has 0 N–H and O–H groups in total. The maximum Gasteiger partial charge on any atom is 0.243 e. The maximum atomic E-state index is 2.51. The van der Waals surface area contributed by atoms with Gasteiger partial charge in [0.15, 0.2) is 0 Å². The second-order valence-corrected chi connectivity index (χ2v) is 11.7. The molecule has 0 radical (unpaired) electrons. The van der Waals surface area contributed by atoms with E-state index in [4.69, 9.17) is 0 Å². The van der Waals surface area contributed by atoms with E-state index in [2.05, 4.69) is 109 Å². The molecule has 0 aliphatic carbocycles.